The van der Waals surface area contributed by atoms with E-state index >= 15 is 0 Å². The van der Waals surface area contributed by atoms with E-state index in [-0.39, 0.29) is 11.8 Å². The third-order valence-corrected chi connectivity index (χ3v) is 2.66. The molecule has 1 heterocycles. The Bertz CT molecular complexity index is 404. The first-order valence-corrected chi connectivity index (χ1v) is 6.35. The summed E-state index contributed by atoms with van der Waals surface area (Å²) in [6, 6.07) is 3.47. The lowest BCUT2D eigenvalue weighted by Gasteiger charge is -2.11. The van der Waals surface area contributed by atoms with Crippen LogP contribution in [0.4, 0.5) is 5.82 Å². The highest BCUT2D eigenvalue weighted by molar-refractivity contribution is 5.95. The summed E-state index contributed by atoms with van der Waals surface area (Å²) < 4.78 is 0. The first-order chi connectivity index (χ1) is 8.58. The number of unbranched alkanes of at least 4 members (excludes halogenated alkanes) is 1. The fourth-order valence-corrected chi connectivity index (χ4v) is 1.53. The Morgan fingerprint density at radius 1 is 1.44 bits per heavy atom. The van der Waals surface area contributed by atoms with Gasteiger partial charge in [-0.1, -0.05) is 27.2 Å². The molecule has 0 spiro atoms. The largest absolute Gasteiger partial charge is 0.352 e. The number of aromatic nitrogens is 1. The maximum atomic E-state index is 12.0. The minimum absolute atomic E-state index is 0.0794. The lowest BCUT2D eigenvalue weighted by atomic mass is 10.1. The van der Waals surface area contributed by atoms with Crippen molar-refractivity contribution in [2.45, 2.75) is 39.5 Å². The number of amides is 1. The second kappa shape index (κ2) is 6.96. The number of nitrogen functional groups attached to an aromatic ring is 1. The summed E-state index contributed by atoms with van der Waals surface area (Å²) in [5.41, 5.74) is 3.94. The fourth-order valence-electron chi connectivity index (χ4n) is 1.53. The monoisotopic (exact) mass is 250 g/mol. The van der Waals surface area contributed by atoms with Crippen LogP contribution in [0.2, 0.25) is 0 Å². The first kappa shape index (κ1) is 14.4. The van der Waals surface area contributed by atoms with Gasteiger partial charge < -0.3 is 10.7 Å². The van der Waals surface area contributed by atoms with Crippen LogP contribution in [0.5, 0.6) is 0 Å². The average molecular weight is 250 g/mol. The Morgan fingerprint density at radius 2 is 2.17 bits per heavy atom. The summed E-state index contributed by atoms with van der Waals surface area (Å²) in [7, 11) is 0. The molecule has 4 N–H and O–H groups in total. The van der Waals surface area contributed by atoms with Gasteiger partial charge in [-0.15, -0.1) is 0 Å². The topological polar surface area (TPSA) is 80.0 Å². The maximum absolute atomic E-state index is 12.0. The normalized spacial score (nSPS) is 10.5. The number of nitrogens with zero attached hydrogens (tertiary/aromatic N) is 1. The summed E-state index contributed by atoms with van der Waals surface area (Å²) in [6.45, 7) is 6.84. The zero-order chi connectivity index (χ0) is 13.5. The lowest BCUT2D eigenvalue weighted by Crippen LogP contribution is -2.25. The molecule has 1 rings (SSSR count). The number of carbonyl (C=O) groups excluding carboxylic acids is 1. The van der Waals surface area contributed by atoms with Crippen molar-refractivity contribution in [1.82, 2.24) is 10.3 Å². The molecule has 18 heavy (non-hydrogen) atoms. The van der Waals surface area contributed by atoms with Crippen molar-refractivity contribution in [2.24, 2.45) is 5.84 Å². The number of rotatable bonds is 6. The van der Waals surface area contributed by atoms with Crippen molar-refractivity contribution in [3.8, 4) is 0 Å². The van der Waals surface area contributed by atoms with Gasteiger partial charge in [-0.2, -0.15) is 0 Å². The van der Waals surface area contributed by atoms with E-state index in [0.717, 1.165) is 18.5 Å². The summed E-state index contributed by atoms with van der Waals surface area (Å²) in [4.78, 5) is 16.3. The van der Waals surface area contributed by atoms with Crippen LogP contribution in [-0.4, -0.2) is 17.4 Å². The number of anilines is 1. The molecule has 0 aromatic carbocycles. The van der Waals surface area contributed by atoms with E-state index in [1.165, 1.54) is 0 Å². The number of hydrazine groups is 1. The summed E-state index contributed by atoms with van der Waals surface area (Å²) in [6.07, 6.45) is 2.04. The molecule has 0 radical (unpaired) electrons. The Balaban J connectivity index is 2.86. The first-order valence-electron chi connectivity index (χ1n) is 6.35. The number of pyridine rings is 1. The van der Waals surface area contributed by atoms with Crippen molar-refractivity contribution < 1.29 is 4.79 Å². The molecule has 5 heteroatoms. The molecule has 0 bridgehead atoms. The van der Waals surface area contributed by atoms with E-state index in [2.05, 4.69) is 22.7 Å². The summed E-state index contributed by atoms with van der Waals surface area (Å²) in [5, 5.41) is 2.88. The molecule has 0 saturated heterocycles. The SMILES string of the molecule is CCCCNC(=O)c1cc(NN)nc(C(C)C)c1. The molecule has 0 aliphatic carbocycles. The predicted octanol–water partition coefficient (Wildman–Crippen LogP) is 2.02. The van der Waals surface area contributed by atoms with Gasteiger partial charge in [0.15, 0.2) is 0 Å². The Labute approximate surface area is 108 Å². The molecule has 1 amide bonds. The van der Waals surface area contributed by atoms with Gasteiger partial charge in [0.05, 0.1) is 0 Å². The molecule has 100 valence electrons. The number of carbonyl (C=O) groups is 1. The zero-order valence-corrected chi connectivity index (χ0v) is 11.3. The van der Waals surface area contributed by atoms with E-state index in [1.54, 1.807) is 6.07 Å². The van der Waals surface area contributed by atoms with Gasteiger partial charge in [0.2, 0.25) is 0 Å². The Morgan fingerprint density at radius 3 is 2.72 bits per heavy atom. The third kappa shape index (κ3) is 4.00. The predicted molar refractivity (Wildman–Crippen MR) is 73.4 cm³/mol. The fraction of sp³-hybridized carbons (Fsp3) is 0.538. The molecule has 0 unspecified atom stereocenters. The van der Waals surface area contributed by atoms with Gasteiger partial charge in [0, 0.05) is 17.8 Å². The highest BCUT2D eigenvalue weighted by atomic mass is 16.1. The maximum Gasteiger partial charge on any atom is 0.251 e. The summed E-state index contributed by atoms with van der Waals surface area (Å²) in [5.74, 6) is 6.05. The smallest absolute Gasteiger partial charge is 0.251 e. The van der Waals surface area contributed by atoms with Crippen LogP contribution in [-0.2, 0) is 0 Å². The Hall–Kier alpha value is -1.62. The van der Waals surface area contributed by atoms with Crippen LogP contribution in [0, 0.1) is 0 Å². The van der Waals surface area contributed by atoms with Crippen molar-refractivity contribution in [2.75, 3.05) is 12.0 Å². The van der Waals surface area contributed by atoms with E-state index in [9.17, 15) is 4.79 Å². The molecule has 0 fully saturated rings. The third-order valence-electron chi connectivity index (χ3n) is 2.66. The Kier molecular flexibility index (Phi) is 5.58. The van der Waals surface area contributed by atoms with Crippen LogP contribution < -0.4 is 16.6 Å². The highest BCUT2D eigenvalue weighted by Gasteiger charge is 2.11. The average Bonchev–Trinajstić information content (AvgIpc) is 2.38. The van der Waals surface area contributed by atoms with E-state index in [1.807, 2.05) is 19.9 Å². The number of nitrogens with two attached hydrogens (primary N) is 1. The van der Waals surface area contributed by atoms with Crippen LogP contribution in [0.15, 0.2) is 12.1 Å². The highest BCUT2D eigenvalue weighted by Crippen LogP contribution is 2.17. The van der Waals surface area contributed by atoms with Gasteiger partial charge in [-0.05, 0) is 24.5 Å². The molecule has 1 aromatic heterocycles. The van der Waals surface area contributed by atoms with Crippen LogP contribution in [0.25, 0.3) is 0 Å². The second-order valence-electron chi connectivity index (χ2n) is 4.57. The molecule has 0 saturated carbocycles. The second-order valence-corrected chi connectivity index (χ2v) is 4.57. The van der Waals surface area contributed by atoms with E-state index in [4.69, 9.17) is 5.84 Å². The van der Waals surface area contributed by atoms with Gasteiger partial charge >= 0.3 is 0 Å². The van der Waals surface area contributed by atoms with Crippen molar-refractivity contribution >= 4 is 11.7 Å². The van der Waals surface area contributed by atoms with Gasteiger partial charge in [0.25, 0.3) is 5.91 Å². The van der Waals surface area contributed by atoms with Crippen LogP contribution in [0.1, 0.15) is 55.6 Å². The van der Waals surface area contributed by atoms with Crippen molar-refractivity contribution in [3.63, 3.8) is 0 Å². The zero-order valence-electron chi connectivity index (χ0n) is 11.3. The van der Waals surface area contributed by atoms with E-state index in [0.29, 0.717) is 17.9 Å². The van der Waals surface area contributed by atoms with Crippen LogP contribution >= 0.6 is 0 Å². The van der Waals surface area contributed by atoms with Gasteiger partial charge in [0.1, 0.15) is 5.82 Å². The number of hydrogen-bond acceptors (Lipinski definition) is 4. The lowest BCUT2D eigenvalue weighted by molar-refractivity contribution is 0.0953. The van der Waals surface area contributed by atoms with Crippen molar-refractivity contribution in [3.05, 3.63) is 23.4 Å². The minimum Gasteiger partial charge on any atom is -0.352 e. The molecular formula is C13H22N4O. The van der Waals surface area contributed by atoms with Gasteiger partial charge in [-0.25, -0.2) is 10.8 Å². The molecular weight excluding hydrogens is 228 g/mol. The standard InChI is InChI=1S/C13H22N4O/c1-4-5-6-15-13(18)10-7-11(9(2)3)16-12(8-10)17-14/h7-9H,4-6,14H2,1-3H3,(H,15,18)(H,16,17). The minimum atomic E-state index is -0.0794. The number of hydrogen-bond donors (Lipinski definition) is 3. The molecule has 1 aromatic rings. The molecule has 0 aliphatic heterocycles. The molecule has 5 nitrogen and oxygen atoms in total. The molecule has 0 atom stereocenters. The number of nitrogens with one attached hydrogen (secondary N) is 2. The summed E-state index contributed by atoms with van der Waals surface area (Å²) >= 11 is 0. The van der Waals surface area contributed by atoms with Crippen molar-refractivity contribution in [1.29, 1.82) is 0 Å². The molecule has 0 aliphatic rings. The van der Waals surface area contributed by atoms with E-state index < -0.39 is 0 Å². The quantitative estimate of drug-likeness (QED) is 0.410. The van der Waals surface area contributed by atoms with Gasteiger partial charge in [-0.3, -0.25) is 4.79 Å². The van der Waals surface area contributed by atoms with Crippen LogP contribution in [0.3, 0.4) is 0 Å².